The van der Waals surface area contributed by atoms with Gasteiger partial charge in [-0.05, 0) is 31.9 Å². The Morgan fingerprint density at radius 2 is 2.16 bits per heavy atom. The van der Waals surface area contributed by atoms with Crippen molar-refractivity contribution in [2.75, 3.05) is 13.2 Å². The van der Waals surface area contributed by atoms with E-state index in [-0.39, 0.29) is 18.6 Å². The van der Waals surface area contributed by atoms with E-state index in [1.807, 2.05) is 32.9 Å². The lowest BCUT2D eigenvalue weighted by atomic mass is 9.99. The summed E-state index contributed by atoms with van der Waals surface area (Å²) >= 11 is 0. The third kappa shape index (κ3) is 4.04. The summed E-state index contributed by atoms with van der Waals surface area (Å²) in [6, 6.07) is 8.18. The molecule has 1 N–H and O–H groups in total. The lowest BCUT2D eigenvalue weighted by Crippen LogP contribution is -2.36. The van der Waals surface area contributed by atoms with Crippen LogP contribution in [0.3, 0.4) is 0 Å². The van der Waals surface area contributed by atoms with Crippen molar-refractivity contribution in [2.24, 2.45) is 0 Å². The maximum absolute atomic E-state index is 11.7. The maximum Gasteiger partial charge on any atom is 0.320 e. The standard InChI is InChI=1S/C15H21NO3/c1-15(2,3)19-14(17)8-16-13-10-18-9-11-6-4-5-7-12(11)13/h4-7,13,16H,8-10H2,1-3H3. The van der Waals surface area contributed by atoms with Gasteiger partial charge in [0.25, 0.3) is 0 Å². The summed E-state index contributed by atoms with van der Waals surface area (Å²) in [6.07, 6.45) is 0. The van der Waals surface area contributed by atoms with E-state index in [9.17, 15) is 4.79 Å². The second kappa shape index (κ2) is 5.72. The van der Waals surface area contributed by atoms with Gasteiger partial charge in [0.15, 0.2) is 0 Å². The largest absolute Gasteiger partial charge is 0.459 e. The number of benzene rings is 1. The van der Waals surface area contributed by atoms with Crippen LogP contribution in [0.15, 0.2) is 24.3 Å². The SMILES string of the molecule is CC(C)(C)OC(=O)CNC1COCc2ccccc21. The Bertz CT molecular complexity index is 451. The average molecular weight is 263 g/mol. The molecule has 0 amide bonds. The van der Waals surface area contributed by atoms with E-state index in [0.717, 1.165) is 0 Å². The quantitative estimate of drug-likeness (QED) is 0.849. The van der Waals surface area contributed by atoms with Crippen LogP contribution < -0.4 is 5.32 Å². The summed E-state index contributed by atoms with van der Waals surface area (Å²) in [6.45, 7) is 7.01. The van der Waals surface area contributed by atoms with Crippen LogP contribution in [-0.2, 0) is 20.9 Å². The number of rotatable bonds is 3. The predicted molar refractivity (Wildman–Crippen MR) is 72.7 cm³/mol. The molecule has 0 saturated carbocycles. The van der Waals surface area contributed by atoms with E-state index in [1.54, 1.807) is 0 Å². The zero-order chi connectivity index (χ0) is 13.9. The lowest BCUT2D eigenvalue weighted by molar-refractivity contribution is -0.153. The van der Waals surface area contributed by atoms with Crippen LogP contribution in [0, 0.1) is 0 Å². The van der Waals surface area contributed by atoms with Crippen LogP contribution in [0.2, 0.25) is 0 Å². The van der Waals surface area contributed by atoms with Gasteiger partial charge in [-0.15, -0.1) is 0 Å². The van der Waals surface area contributed by atoms with Crippen molar-refractivity contribution in [3.63, 3.8) is 0 Å². The average Bonchev–Trinajstić information content (AvgIpc) is 2.34. The first-order chi connectivity index (χ1) is 8.96. The Morgan fingerprint density at radius 3 is 2.89 bits per heavy atom. The van der Waals surface area contributed by atoms with Crippen LogP contribution in [0.25, 0.3) is 0 Å². The molecule has 1 heterocycles. The van der Waals surface area contributed by atoms with E-state index in [0.29, 0.717) is 13.2 Å². The number of ether oxygens (including phenoxy) is 2. The molecule has 4 heteroatoms. The summed E-state index contributed by atoms with van der Waals surface area (Å²) in [7, 11) is 0. The first-order valence-corrected chi connectivity index (χ1v) is 6.56. The molecule has 1 atom stereocenters. The molecule has 1 aliphatic rings. The smallest absolute Gasteiger partial charge is 0.320 e. The van der Waals surface area contributed by atoms with Gasteiger partial charge in [0.05, 0.1) is 25.8 Å². The van der Waals surface area contributed by atoms with Gasteiger partial charge in [-0.2, -0.15) is 0 Å². The molecule has 1 aromatic rings. The zero-order valence-electron chi connectivity index (χ0n) is 11.7. The molecule has 0 aliphatic carbocycles. The molecule has 2 rings (SSSR count). The van der Waals surface area contributed by atoms with Gasteiger partial charge < -0.3 is 9.47 Å². The number of hydrogen-bond donors (Lipinski definition) is 1. The molecular formula is C15H21NO3. The van der Waals surface area contributed by atoms with Crippen molar-refractivity contribution >= 4 is 5.97 Å². The Morgan fingerprint density at radius 1 is 1.42 bits per heavy atom. The highest BCUT2D eigenvalue weighted by Gasteiger charge is 2.22. The molecule has 0 aromatic heterocycles. The molecule has 0 bridgehead atoms. The van der Waals surface area contributed by atoms with Crippen molar-refractivity contribution in [1.29, 1.82) is 0 Å². The molecule has 1 aliphatic heterocycles. The maximum atomic E-state index is 11.7. The molecule has 1 unspecified atom stereocenters. The van der Waals surface area contributed by atoms with Gasteiger partial charge in [-0.25, -0.2) is 0 Å². The van der Waals surface area contributed by atoms with Gasteiger partial charge >= 0.3 is 5.97 Å². The van der Waals surface area contributed by atoms with Crippen LogP contribution in [-0.4, -0.2) is 24.7 Å². The van der Waals surface area contributed by atoms with Crippen LogP contribution in [0.5, 0.6) is 0 Å². The molecule has 4 nitrogen and oxygen atoms in total. The highest BCUT2D eigenvalue weighted by Crippen LogP contribution is 2.24. The lowest BCUT2D eigenvalue weighted by Gasteiger charge is -2.27. The molecule has 0 spiro atoms. The fraction of sp³-hybridized carbons (Fsp3) is 0.533. The van der Waals surface area contributed by atoms with Gasteiger partial charge in [0, 0.05) is 0 Å². The second-order valence-corrected chi connectivity index (χ2v) is 5.73. The first kappa shape index (κ1) is 14.0. The zero-order valence-corrected chi connectivity index (χ0v) is 11.7. The fourth-order valence-corrected chi connectivity index (χ4v) is 2.14. The first-order valence-electron chi connectivity index (χ1n) is 6.56. The third-order valence-electron chi connectivity index (χ3n) is 2.89. The Hall–Kier alpha value is -1.39. The van der Waals surface area contributed by atoms with Crippen molar-refractivity contribution < 1.29 is 14.3 Å². The molecule has 0 fully saturated rings. The summed E-state index contributed by atoms with van der Waals surface area (Å²) in [5, 5.41) is 3.20. The predicted octanol–water partition coefficient (Wildman–Crippen LogP) is 2.19. The summed E-state index contributed by atoms with van der Waals surface area (Å²) in [5.74, 6) is -0.240. The highest BCUT2D eigenvalue weighted by atomic mass is 16.6. The molecule has 0 saturated heterocycles. The van der Waals surface area contributed by atoms with E-state index < -0.39 is 5.60 Å². The molecule has 1 aromatic carbocycles. The van der Waals surface area contributed by atoms with Gasteiger partial charge in [0.1, 0.15) is 5.60 Å². The van der Waals surface area contributed by atoms with Crippen LogP contribution in [0.4, 0.5) is 0 Å². The number of esters is 1. The monoisotopic (exact) mass is 263 g/mol. The van der Waals surface area contributed by atoms with Gasteiger partial charge in [-0.3, -0.25) is 10.1 Å². The topological polar surface area (TPSA) is 47.6 Å². The van der Waals surface area contributed by atoms with Crippen molar-refractivity contribution in [1.82, 2.24) is 5.32 Å². The number of hydrogen-bond acceptors (Lipinski definition) is 4. The third-order valence-corrected chi connectivity index (χ3v) is 2.89. The molecule has 104 valence electrons. The highest BCUT2D eigenvalue weighted by molar-refractivity contribution is 5.72. The summed E-state index contributed by atoms with van der Waals surface area (Å²) < 4.78 is 10.8. The van der Waals surface area contributed by atoms with E-state index in [1.165, 1.54) is 11.1 Å². The number of nitrogens with one attached hydrogen (secondary N) is 1. The Balaban J connectivity index is 1.93. The summed E-state index contributed by atoms with van der Waals surface area (Å²) in [4.78, 5) is 11.7. The number of carbonyl (C=O) groups excluding carboxylic acids is 1. The molecular weight excluding hydrogens is 242 g/mol. The second-order valence-electron chi connectivity index (χ2n) is 5.73. The van der Waals surface area contributed by atoms with Crippen molar-refractivity contribution in [2.45, 2.75) is 39.0 Å². The van der Waals surface area contributed by atoms with E-state index >= 15 is 0 Å². The minimum Gasteiger partial charge on any atom is -0.459 e. The van der Waals surface area contributed by atoms with Gasteiger partial charge in [-0.1, -0.05) is 24.3 Å². The van der Waals surface area contributed by atoms with E-state index in [4.69, 9.17) is 9.47 Å². The fourth-order valence-electron chi connectivity index (χ4n) is 2.14. The van der Waals surface area contributed by atoms with E-state index in [2.05, 4.69) is 17.4 Å². The Labute approximate surface area is 114 Å². The van der Waals surface area contributed by atoms with Crippen LogP contribution >= 0.6 is 0 Å². The van der Waals surface area contributed by atoms with Crippen molar-refractivity contribution in [3.05, 3.63) is 35.4 Å². The summed E-state index contributed by atoms with van der Waals surface area (Å²) in [5.41, 5.74) is 1.94. The van der Waals surface area contributed by atoms with Crippen molar-refractivity contribution in [3.8, 4) is 0 Å². The normalized spacial score (nSPS) is 18.8. The Kier molecular flexibility index (Phi) is 4.22. The minimum absolute atomic E-state index is 0.0532. The van der Waals surface area contributed by atoms with Crippen LogP contribution in [0.1, 0.15) is 37.9 Å². The molecule has 19 heavy (non-hydrogen) atoms. The van der Waals surface area contributed by atoms with Gasteiger partial charge in [0.2, 0.25) is 0 Å². The minimum atomic E-state index is -0.445. The molecule has 0 radical (unpaired) electrons. The number of carbonyl (C=O) groups is 1. The number of fused-ring (bicyclic) bond motifs is 1.